The van der Waals surface area contributed by atoms with Gasteiger partial charge >= 0.3 is 0 Å². The average molecular weight is 236 g/mol. The summed E-state index contributed by atoms with van der Waals surface area (Å²) in [5.41, 5.74) is 1.22. The third-order valence-electron chi connectivity index (χ3n) is 3.89. The molecule has 2 N–H and O–H groups in total. The maximum Gasteiger partial charge on any atom is 0.0921 e. The molecule has 0 radical (unpaired) electrons. The number of nitrogens with zero attached hydrogens (tertiary/aromatic N) is 2. The largest absolute Gasteiger partial charge is 0.348 e. The van der Waals surface area contributed by atoms with E-state index in [2.05, 4.69) is 34.2 Å². The number of aromatic nitrogens is 2. The Kier molecular flexibility index (Phi) is 4.57. The topological polar surface area (TPSA) is 44.0 Å². The van der Waals surface area contributed by atoms with Gasteiger partial charge in [0.15, 0.2) is 0 Å². The molecular weight excluding hydrogens is 212 g/mol. The van der Waals surface area contributed by atoms with Gasteiger partial charge in [-0.1, -0.05) is 0 Å². The third-order valence-corrected chi connectivity index (χ3v) is 3.89. The highest BCUT2D eigenvalue weighted by molar-refractivity contribution is 4.94. The van der Waals surface area contributed by atoms with E-state index < -0.39 is 0 Å². The highest BCUT2D eigenvalue weighted by Gasteiger charge is 2.21. The van der Waals surface area contributed by atoms with Gasteiger partial charge in [-0.3, -0.25) is 0 Å². The van der Waals surface area contributed by atoms with Gasteiger partial charge < -0.3 is 15.2 Å². The zero-order valence-electron chi connectivity index (χ0n) is 10.9. The van der Waals surface area contributed by atoms with Crippen molar-refractivity contribution in [2.45, 2.75) is 32.2 Å². The number of H-pyrrole nitrogens is 1. The Balaban J connectivity index is 1.65. The molecule has 0 aromatic carbocycles. The fourth-order valence-electron chi connectivity index (χ4n) is 2.55. The Bertz CT molecular complexity index is 301. The van der Waals surface area contributed by atoms with E-state index in [0.717, 1.165) is 18.9 Å². The van der Waals surface area contributed by atoms with Crippen molar-refractivity contribution in [2.24, 2.45) is 5.92 Å². The molecule has 1 aliphatic heterocycles. The summed E-state index contributed by atoms with van der Waals surface area (Å²) in [6.45, 7) is 5.85. The zero-order valence-corrected chi connectivity index (χ0v) is 10.9. The van der Waals surface area contributed by atoms with E-state index in [9.17, 15) is 0 Å². The quantitative estimate of drug-likeness (QED) is 0.809. The van der Waals surface area contributed by atoms with Gasteiger partial charge in [0.2, 0.25) is 0 Å². The fraction of sp³-hybridized carbons (Fsp3) is 0.769. The van der Waals surface area contributed by atoms with Gasteiger partial charge in [0.1, 0.15) is 0 Å². The van der Waals surface area contributed by atoms with Gasteiger partial charge in [-0.2, -0.15) is 0 Å². The number of hydrogen-bond donors (Lipinski definition) is 2. The van der Waals surface area contributed by atoms with E-state index in [1.165, 1.54) is 31.6 Å². The number of nitrogens with one attached hydrogen (secondary N) is 2. The summed E-state index contributed by atoms with van der Waals surface area (Å²) < 4.78 is 0. The smallest absolute Gasteiger partial charge is 0.0921 e. The van der Waals surface area contributed by atoms with Crippen LogP contribution in [0.3, 0.4) is 0 Å². The molecule has 96 valence electrons. The Hall–Kier alpha value is -0.870. The van der Waals surface area contributed by atoms with E-state index in [0.29, 0.717) is 6.04 Å². The van der Waals surface area contributed by atoms with E-state index in [1.807, 2.05) is 6.20 Å². The molecule has 1 aliphatic rings. The lowest BCUT2D eigenvalue weighted by Crippen LogP contribution is -2.41. The van der Waals surface area contributed by atoms with Crippen molar-refractivity contribution in [3.63, 3.8) is 0 Å². The highest BCUT2D eigenvalue weighted by Crippen LogP contribution is 2.19. The number of hydrogen-bond acceptors (Lipinski definition) is 3. The van der Waals surface area contributed by atoms with E-state index in [1.54, 1.807) is 6.33 Å². The molecule has 0 bridgehead atoms. The molecule has 4 heteroatoms. The molecule has 1 atom stereocenters. The first-order valence-corrected chi connectivity index (χ1v) is 6.65. The third kappa shape index (κ3) is 3.82. The molecule has 1 aromatic rings. The summed E-state index contributed by atoms with van der Waals surface area (Å²) in [4.78, 5) is 9.59. The maximum atomic E-state index is 4.03. The lowest BCUT2D eigenvalue weighted by atomic mass is 9.90. The van der Waals surface area contributed by atoms with E-state index >= 15 is 0 Å². The minimum Gasteiger partial charge on any atom is -0.348 e. The molecule has 0 saturated carbocycles. The molecule has 0 aliphatic carbocycles. The molecule has 2 rings (SSSR count). The molecule has 1 unspecified atom stereocenters. The van der Waals surface area contributed by atoms with Crippen LogP contribution in [0.1, 0.15) is 25.5 Å². The monoisotopic (exact) mass is 236 g/mol. The summed E-state index contributed by atoms with van der Waals surface area (Å²) in [6.07, 6.45) is 7.35. The molecule has 0 spiro atoms. The average Bonchev–Trinajstić information content (AvgIpc) is 2.83. The fourth-order valence-corrected chi connectivity index (χ4v) is 2.55. The van der Waals surface area contributed by atoms with Gasteiger partial charge in [0, 0.05) is 30.9 Å². The van der Waals surface area contributed by atoms with Gasteiger partial charge in [0.25, 0.3) is 0 Å². The zero-order chi connectivity index (χ0) is 12.1. The van der Waals surface area contributed by atoms with Crippen LogP contribution in [0.5, 0.6) is 0 Å². The first-order valence-electron chi connectivity index (χ1n) is 6.65. The van der Waals surface area contributed by atoms with Gasteiger partial charge in [-0.05, 0) is 45.8 Å². The molecule has 1 fully saturated rings. The van der Waals surface area contributed by atoms with Crippen molar-refractivity contribution in [3.8, 4) is 0 Å². The first kappa shape index (κ1) is 12.6. The van der Waals surface area contributed by atoms with Crippen molar-refractivity contribution < 1.29 is 0 Å². The Morgan fingerprint density at radius 2 is 2.29 bits per heavy atom. The summed E-state index contributed by atoms with van der Waals surface area (Å²) in [6, 6.07) is 0.631. The Morgan fingerprint density at radius 1 is 1.53 bits per heavy atom. The second-order valence-electron chi connectivity index (χ2n) is 5.21. The molecule has 2 heterocycles. The van der Waals surface area contributed by atoms with Crippen molar-refractivity contribution >= 4 is 0 Å². The summed E-state index contributed by atoms with van der Waals surface area (Å²) in [5, 5.41) is 3.64. The van der Waals surface area contributed by atoms with Crippen LogP contribution in [0.15, 0.2) is 12.5 Å². The lowest BCUT2D eigenvalue weighted by Gasteiger charge is -2.33. The van der Waals surface area contributed by atoms with Crippen LogP contribution in [0, 0.1) is 5.92 Å². The second-order valence-corrected chi connectivity index (χ2v) is 5.21. The van der Waals surface area contributed by atoms with Gasteiger partial charge in [0.05, 0.1) is 6.33 Å². The SMILES string of the molecule is CC(NCCc1cnc[nH]1)C1CCN(C)CC1. The number of imidazole rings is 1. The predicted octanol–water partition coefficient (Wildman–Crippen LogP) is 1.27. The Morgan fingerprint density at radius 3 is 2.94 bits per heavy atom. The number of likely N-dealkylation sites (tertiary alicyclic amines) is 1. The normalized spacial score (nSPS) is 20.6. The summed E-state index contributed by atoms with van der Waals surface area (Å²) in [5.74, 6) is 0.841. The van der Waals surface area contributed by atoms with Crippen molar-refractivity contribution in [1.29, 1.82) is 0 Å². The van der Waals surface area contributed by atoms with Gasteiger partial charge in [-0.15, -0.1) is 0 Å². The molecule has 17 heavy (non-hydrogen) atoms. The second kappa shape index (κ2) is 6.17. The predicted molar refractivity (Wildman–Crippen MR) is 70.0 cm³/mol. The summed E-state index contributed by atoms with van der Waals surface area (Å²) in [7, 11) is 2.21. The minimum atomic E-state index is 0.631. The van der Waals surface area contributed by atoms with Crippen molar-refractivity contribution in [1.82, 2.24) is 20.2 Å². The lowest BCUT2D eigenvalue weighted by molar-refractivity contribution is 0.190. The van der Waals surface area contributed by atoms with E-state index in [4.69, 9.17) is 0 Å². The van der Waals surface area contributed by atoms with Crippen LogP contribution in [0.2, 0.25) is 0 Å². The molecule has 4 nitrogen and oxygen atoms in total. The van der Waals surface area contributed by atoms with Crippen LogP contribution in [0.25, 0.3) is 0 Å². The van der Waals surface area contributed by atoms with Crippen LogP contribution < -0.4 is 5.32 Å². The van der Waals surface area contributed by atoms with Crippen LogP contribution in [-0.4, -0.2) is 47.6 Å². The van der Waals surface area contributed by atoms with Crippen LogP contribution in [0.4, 0.5) is 0 Å². The Labute approximate surface area is 104 Å². The van der Waals surface area contributed by atoms with Gasteiger partial charge in [-0.25, -0.2) is 4.98 Å². The number of rotatable bonds is 5. The molecule has 1 saturated heterocycles. The maximum absolute atomic E-state index is 4.03. The molecular formula is C13H24N4. The number of aromatic amines is 1. The summed E-state index contributed by atoms with van der Waals surface area (Å²) >= 11 is 0. The number of piperidine rings is 1. The van der Waals surface area contributed by atoms with E-state index in [-0.39, 0.29) is 0 Å². The minimum absolute atomic E-state index is 0.631. The molecule has 1 aromatic heterocycles. The standard InChI is InChI=1S/C13H24N4/c1-11(12-4-7-17(2)8-5-12)15-6-3-13-9-14-10-16-13/h9-12,15H,3-8H2,1-2H3,(H,14,16). The molecule has 0 amide bonds. The van der Waals surface area contributed by atoms with Crippen LogP contribution >= 0.6 is 0 Å². The van der Waals surface area contributed by atoms with Crippen LogP contribution in [-0.2, 0) is 6.42 Å². The first-order chi connectivity index (χ1) is 8.25. The van der Waals surface area contributed by atoms with Crippen molar-refractivity contribution in [3.05, 3.63) is 18.2 Å². The highest BCUT2D eigenvalue weighted by atomic mass is 15.1. The van der Waals surface area contributed by atoms with Crippen molar-refractivity contribution in [2.75, 3.05) is 26.7 Å².